The number of carbonyl (C=O) groups excluding carboxylic acids is 1. The van der Waals surface area contributed by atoms with Crippen molar-refractivity contribution in [2.24, 2.45) is 5.92 Å². The lowest BCUT2D eigenvalue weighted by Crippen LogP contribution is -2.48. The Labute approximate surface area is 148 Å². The molecule has 0 saturated carbocycles. The largest absolute Gasteiger partial charge is 0.323 e. The van der Waals surface area contributed by atoms with Crippen LogP contribution < -0.4 is 10.6 Å². The molecule has 132 valence electrons. The maximum atomic E-state index is 14.2. The SMILES string of the molecule is O=C(Nc1cc2c(C=Cc3ccc(F)cc3)n[nH]c2cc1F)C1CNC1. The first kappa shape index (κ1) is 16.4. The lowest BCUT2D eigenvalue weighted by molar-refractivity contribution is -0.121. The summed E-state index contributed by atoms with van der Waals surface area (Å²) in [5.74, 6) is -1.15. The second-order valence-electron chi connectivity index (χ2n) is 6.22. The summed E-state index contributed by atoms with van der Waals surface area (Å²) in [6.07, 6.45) is 3.54. The van der Waals surface area contributed by atoms with E-state index in [0.717, 1.165) is 5.56 Å². The summed E-state index contributed by atoms with van der Waals surface area (Å²) < 4.78 is 27.2. The fourth-order valence-electron chi connectivity index (χ4n) is 2.74. The van der Waals surface area contributed by atoms with E-state index in [2.05, 4.69) is 20.8 Å². The van der Waals surface area contributed by atoms with Crippen molar-refractivity contribution in [1.82, 2.24) is 15.5 Å². The molecule has 3 N–H and O–H groups in total. The molecule has 1 amide bonds. The Kier molecular flexibility index (Phi) is 4.22. The highest BCUT2D eigenvalue weighted by molar-refractivity contribution is 5.97. The number of hydrogen-bond acceptors (Lipinski definition) is 3. The minimum atomic E-state index is -0.518. The van der Waals surface area contributed by atoms with E-state index in [1.54, 1.807) is 30.4 Å². The lowest BCUT2D eigenvalue weighted by Gasteiger charge is -2.25. The number of aromatic nitrogens is 2. The summed E-state index contributed by atoms with van der Waals surface area (Å²) in [5, 5.41) is 13.3. The molecular weight excluding hydrogens is 338 g/mol. The third kappa shape index (κ3) is 3.21. The zero-order valence-electron chi connectivity index (χ0n) is 13.7. The molecule has 1 aromatic heterocycles. The molecule has 0 spiro atoms. The Morgan fingerprint density at radius 1 is 1.15 bits per heavy atom. The number of nitrogens with zero attached hydrogens (tertiary/aromatic N) is 1. The molecule has 0 radical (unpaired) electrons. The summed E-state index contributed by atoms with van der Waals surface area (Å²) in [6.45, 7) is 1.21. The van der Waals surface area contributed by atoms with Crippen LogP contribution in [0.25, 0.3) is 23.1 Å². The van der Waals surface area contributed by atoms with Crippen molar-refractivity contribution in [3.8, 4) is 0 Å². The average Bonchev–Trinajstić information content (AvgIpc) is 2.95. The second-order valence-corrected chi connectivity index (χ2v) is 6.22. The molecule has 2 heterocycles. The summed E-state index contributed by atoms with van der Waals surface area (Å²) in [5.41, 5.74) is 2.08. The zero-order chi connectivity index (χ0) is 18.1. The predicted octanol–water partition coefficient (Wildman–Crippen LogP) is 3.17. The third-order valence-corrected chi connectivity index (χ3v) is 4.39. The first-order valence-corrected chi connectivity index (χ1v) is 8.23. The minimum Gasteiger partial charge on any atom is -0.323 e. The van der Waals surface area contributed by atoms with Gasteiger partial charge < -0.3 is 10.6 Å². The molecule has 2 aromatic carbocycles. The zero-order valence-corrected chi connectivity index (χ0v) is 13.7. The number of aromatic amines is 1. The van der Waals surface area contributed by atoms with Crippen molar-refractivity contribution in [3.05, 3.63) is 59.3 Å². The third-order valence-electron chi connectivity index (χ3n) is 4.39. The monoisotopic (exact) mass is 354 g/mol. The van der Waals surface area contributed by atoms with E-state index >= 15 is 0 Å². The number of anilines is 1. The standard InChI is InChI=1S/C19H16F2N4O/c20-13-4-1-11(2-5-13)3-6-16-14-7-18(15(21)8-17(14)25-24-16)23-19(26)12-9-22-10-12/h1-8,12,22H,9-10H2,(H,23,26)(H,24,25). The van der Waals surface area contributed by atoms with Crippen LogP contribution >= 0.6 is 0 Å². The molecule has 3 aromatic rings. The molecule has 1 aliphatic heterocycles. The van der Waals surface area contributed by atoms with Crippen LogP contribution in [0, 0.1) is 17.6 Å². The van der Waals surface area contributed by atoms with Gasteiger partial charge in [-0.05, 0) is 29.8 Å². The van der Waals surface area contributed by atoms with Gasteiger partial charge >= 0.3 is 0 Å². The summed E-state index contributed by atoms with van der Waals surface area (Å²) in [7, 11) is 0. The van der Waals surface area contributed by atoms with E-state index in [0.29, 0.717) is 29.7 Å². The van der Waals surface area contributed by atoms with Crippen LogP contribution in [0.3, 0.4) is 0 Å². The normalized spacial score (nSPS) is 14.7. The Morgan fingerprint density at radius 3 is 2.62 bits per heavy atom. The van der Waals surface area contributed by atoms with Crippen LogP contribution in [0.1, 0.15) is 11.3 Å². The molecule has 0 atom stereocenters. The van der Waals surface area contributed by atoms with Crippen molar-refractivity contribution in [3.63, 3.8) is 0 Å². The summed E-state index contributed by atoms with van der Waals surface area (Å²) in [4.78, 5) is 12.1. The van der Waals surface area contributed by atoms with Gasteiger partial charge in [0.1, 0.15) is 11.6 Å². The highest BCUT2D eigenvalue weighted by Crippen LogP contribution is 2.26. The summed E-state index contributed by atoms with van der Waals surface area (Å²) >= 11 is 0. The molecule has 0 unspecified atom stereocenters. The topological polar surface area (TPSA) is 69.8 Å². The van der Waals surface area contributed by atoms with Crippen molar-refractivity contribution >= 4 is 34.6 Å². The van der Waals surface area contributed by atoms with Gasteiger partial charge in [-0.25, -0.2) is 8.78 Å². The van der Waals surface area contributed by atoms with Gasteiger partial charge in [-0.3, -0.25) is 9.89 Å². The number of halogens is 2. The second kappa shape index (κ2) is 6.68. The fourth-order valence-corrected chi connectivity index (χ4v) is 2.74. The molecule has 5 nitrogen and oxygen atoms in total. The molecule has 26 heavy (non-hydrogen) atoms. The van der Waals surface area contributed by atoms with Gasteiger partial charge in [-0.2, -0.15) is 5.10 Å². The molecule has 7 heteroatoms. The quantitative estimate of drug-likeness (QED) is 0.674. The van der Waals surface area contributed by atoms with Crippen LogP contribution in [0.15, 0.2) is 36.4 Å². The fraction of sp³-hybridized carbons (Fsp3) is 0.158. The van der Waals surface area contributed by atoms with Gasteiger partial charge in [0.15, 0.2) is 0 Å². The van der Waals surface area contributed by atoms with Crippen molar-refractivity contribution in [2.75, 3.05) is 18.4 Å². The van der Waals surface area contributed by atoms with Crippen LogP contribution in [-0.4, -0.2) is 29.2 Å². The van der Waals surface area contributed by atoms with Gasteiger partial charge in [0, 0.05) is 24.5 Å². The number of fused-ring (bicyclic) bond motifs is 1. The van der Waals surface area contributed by atoms with E-state index in [4.69, 9.17) is 0 Å². The van der Waals surface area contributed by atoms with E-state index in [1.165, 1.54) is 18.2 Å². The molecule has 0 aliphatic carbocycles. The smallest absolute Gasteiger partial charge is 0.230 e. The number of rotatable bonds is 4. The Bertz CT molecular complexity index is 991. The molecule has 0 bridgehead atoms. The van der Waals surface area contributed by atoms with Gasteiger partial charge in [0.05, 0.1) is 22.8 Å². The van der Waals surface area contributed by atoms with Crippen LogP contribution in [0.4, 0.5) is 14.5 Å². The van der Waals surface area contributed by atoms with Crippen molar-refractivity contribution < 1.29 is 13.6 Å². The number of carbonyl (C=O) groups is 1. The van der Waals surface area contributed by atoms with E-state index < -0.39 is 5.82 Å². The highest BCUT2D eigenvalue weighted by atomic mass is 19.1. The van der Waals surface area contributed by atoms with Crippen LogP contribution in [-0.2, 0) is 4.79 Å². The van der Waals surface area contributed by atoms with Crippen molar-refractivity contribution in [1.29, 1.82) is 0 Å². The number of nitrogens with one attached hydrogen (secondary N) is 3. The van der Waals surface area contributed by atoms with Gasteiger partial charge in [-0.15, -0.1) is 0 Å². The van der Waals surface area contributed by atoms with Gasteiger partial charge in [0.2, 0.25) is 5.91 Å². The Hall–Kier alpha value is -3.06. The molecule has 4 rings (SSSR count). The highest BCUT2D eigenvalue weighted by Gasteiger charge is 2.25. The number of benzene rings is 2. The number of amides is 1. The number of H-pyrrole nitrogens is 1. The van der Waals surface area contributed by atoms with Gasteiger partial charge in [0.25, 0.3) is 0 Å². The molecule has 1 fully saturated rings. The lowest BCUT2D eigenvalue weighted by atomic mass is 10.0. The maximum Gasteiger partial charge on any atom is 0.230 e. The predicted molar refractivity (Wildman–Crippen MR) is 96.4 cm³/mol. The first-order valence-electron chi connectivity index (χ1n) is 8.23. The van der Waals surface area contributed by atoms with Gasteiger partial charge in [-0.1, -0.05) is 18.2 Å². The van der Waals surface area contributed by atoms with E-state index in [-0.39, 0.29) is 23.3 Å². The minimum absolute atomic E-state index is 0.132. The Morgan fingerprint density at radius 2 is 1.92 bits per heavy atom. The van der Waals surface area contributed by atoms with E-state index in [1.807, 2.05) is 0 Å². The first-order chi connectivity index (χ1) is 12.6. The average molecular weight is 354 g/mol. The van der Waals surface area contributed by atoms with Crippen LogP contribution in [0.2, 0.25) is 0 Å². The molecule has 1 saturated heterocycles. The summed E-state index contributed by atoms with van der Waals surface area (Å²) in [6, 6.07) is 8.94. The Balaban J connectivity index is 1.62. The van der Waals surface area contributed by atoms with Crippen molar-refractivity contribution in [2.45, 2.75) is 0 Å². The van der Waals surface area contributed by atoms with E-state index in [9.17, 15) is 13.6 Å². The number of hydrogen-bond donors (Lipinski definition) is 3. The molecular formula is C19H16F2N4O. The maximum absolute atomic E-state index is 14.2. The molecule has 1 aliphatic rings. The van der Waals surface area contributed by atoms with Crippen LogP contribution in [0.5, 0.6) is 0 Å².